The Kier molecular flexibility index (Phi) is 5.67. The summed E-state index contributed by atoms with van der Waals surface area (Å²) in [6.45, 7) is 0.481. The van der Waals surface area contributed by atoms with Gasteiger partial charge in [0.15, 0.2) is 0 Å². The number of hydrogen-bond donors (Lipinski definition) is 2. The van der Waals surface area contributed by atoms with Crippen molar-refractivity contribution in [3.05, 3.63) is 35.4 Å². The minimum atomic E-state index is -2.49. The van der Waals surface area contributed by atoms with E-state index in [1.54, 1.807) is 12.1 Å². The van der Waals surface area contributed by atoms with Crippen LogP contribution in [0.15, 0.2) is 24.3 Å². The fraction of sp³-hybridized carbons (Fsp3) is 0.562. The van der Waals surface area contributed by atoms with Crippen molar-refractivity contribution in [3.63, 3.8) is 0 Å². The molecule has 1 aromatic rings. The number of hydrogen-bond acceptors (Lipinski definition) is 2. The maximum absolute atomic E-state index is 12.4. The quantitative estimate of drug-likeness (QED) is 0.878. The Morgan fingerprint density at radius 1 is 1.24 bits per heavy atom. The lowest BCUT2D eigenvalue weighted by molar-refractivity contribution is -0.120. The maximum Gasteiger partial charge on any atom is 0.263 e. The number of aliphatic hydroxyl groups is 1. The van der Waals surface area contributed by atoms with Crippen LogP contribution in [0.2, 0.25) is 0 Å². The molecule has 0 aromatic heterocycles. The highest BCUT2D eigenvalue weighted by Gasteiger charge is 2.23. The summed E-state index contributed by atoms with van der Waals surface area (Å²) in [5.41, 5.74) is 0.672. The molecule has 1 amide bonds. The standard InChI is InChI=1S/C16H21F2NO2/c17-16(18)12-7-5-11(6-8-12)9-15(21)19-10-13-3-1-2-4-14(13)20/h5-8,13-14,16,20H,1-4,9-10H2,(H,19,21)/t13-,14+/m1/s1. The fourth-order valence-corrected chi connectivity index (χ4v) is 2.70. The van der Waals surface area contributed by atoms with E-state index in [1.807, 2.05) is 0 Å². The molecular weight excluding hydrogens is 276 g/mol. The molecule has 0 saturated heterocycles. The van der Waals surface area contributed by atoms with Crippen LogP contribution in [0, 0.1) is 5.92 Å². The molecule has 1 aliphatic carbocycles. The van der Waals surface area contributed by atoms with Gasteiger partial charge in [0, 0.05) is 18.0 Å². The predicted octanol–water partition coefficient (Wildman–Crippen LogP) is 2.83. The predicted molar refractivity (Wildman–Crippen MR) is 76.1 cm³/mol. The van der Waals surface area contributed by atoms with Gasteiger partial charge in [0.05, 0.1) is 12.5 Å². The third-order valence-electron chi connectivity index (χ3n) is 4.03. The van der Waals surface area contributed by atoms with Gasteiger partial charge in [-0.25, -0.2) is 8.78 Å². The van der Waals surface area contributed by atoms with Crippen molar-refractivity contribution in [1.82, 2.24) is 5.32 Å². The maximum atomic E-state index is 12.4. The van der Waals surface area contributed by atoms with Crippen LogP contribution in [-0.2, 0) is 11.2 Å². The monoisotopic (exact) mass is 297 g/mol. The van der Waals surface area contributed by atoms with Gasteiger partial charge >= 0.3 is 0 Å². The molecule has 1 aliphatic rings. The first kappa shape index (κ1) is 15.9. The van der Waals surface area contributed by atoms with Gasteiger partial charge in [-0.2, -0.15) is 0 Å². The second kappa shape index (κ2) is 7.50. The highest BCUT2D eigenvalue weighted by molar-refractivity contribution is 5.78. The zero-order valence-corrected chi connectivity index (χ0v) is 11.9. The molecule has 0 spiro atoms. The summed E-state index contributed by atoms with van der Waals surface area (Å²) in [5.74, 6) is -0.0125. The van der Waals surface area contributed by atoms with Crippen molar-refractivity contribution in [2.24, 2.45) is 5.92 Å². The highest BCUT2D eigenvalue weighted by atomic mass is 19.3. The van der Waals surface area contributed by atoms with E-state index in [4.69, 9.17) is 0 Å². The average Bonchev–Trinajstić information content (AvgIpc) is 2.47. The second-order valence-electron chi connectivity index (χ2n) is 5.64. The summed E-state index contributed by atoms with van der Waals surface area (Å²) in [6.07, 6.45) is 1.23. The van der Waals surface area contributed by atoms with Crippen LogP contribution in [0.5, 0.6) is 0 Å². The molecule has 2 N–H and O–H groups in total. The lowest BCUT2D eigenvalue weighted by Crippen LogP contribution is -2.37. The molecule has 2 atom stereocenters. The van der Waals surface area contributed by atoms with Crippen molar-refractivity contribution < 1.29 is 18.7 Å². The zero-order valence-electron chi connectivity index (χ0n) is 11.9. The first-order valence-electron chi connectivity index (χ1n) is 7.38. The Hall–Kier alpha value is -1.49. The molecule has 1 aromatic carbocycles. The molecule has 0 radical (unpaired) electrons. The van der Waals surface area contributed by atoms with Gasteiger partial charge in [0.25, 0.3) is 6.43 Å². The first-order valence-corrected chi connectivity index (χ1v) is 7.38. The Bertz CT molecular complexity index is 462. The number of aliphatic hydroxyl groups excluding tert-OH is 1. The molecule has 0 heterocycles. The molecule has 1 fully saturated rings. The number of halogens is 2. The average molecular weight is 297 g/mol. The second-order valence-corrected chi connectivity index (χ2v) is 5.64. The summed E-state index contributed by atoms with van der Waals surface area (Å²) >= 11 is 0. The molecule has 21 heavy (non-hydrogen) atoms. The number of rotatable bonds is 5. The minimum Gasteiger partial charge on any atom is -0.393 e. The van der Waals surface area contributed by atoms with E-state index in [1.165, 1.54) is 12.1 Å². The van der Waals surface area contributed by atoms with Gasteiger partial charge in [-0.15, -0.1) is 0 Å². The SMILES string of the molecule is O=C(Cc1ccc(C(F)F)cc1)NC[C@H]1CCCC[C@@H]1O. The molecule has 0 aliphatic heterocycles. The van der Waals surface area contributed by atoms with Crippen LogP contribution in [-0.4, -0.2) is 23.7 Å². The molecule has 1 saturated carbocycles. The van der Waals surface area contributed by atoms with Gasteiger partial charge in [0.1, 0.15) is 0 Å². The van der Waals surface area contributed by atoms with Crippen LogP contribution < -0.4 is 5.32 Å². The summed E-state index contributed by atoms with van der Waals surface area (Å²) in [4.78, 5) is 11.8. The van der Waals surface area contributed by atoms with E-state index in [9.17, 15) is 18.7 Å². The highest BCUT2D eigenvalue weighted by Crippen LogP contribution is 2.23. The summed E-state index contributed by atoms with van der Waals surface area (Å²) in [7, 11) is 0. The Balaban J connectivity index is 1.78. The molecular formula is C16H21F2NO2. The zero-order chi connectivity index (χ0) is 15.2. The van der Waals surface area contributed by atoms with Gasteiger partial charge in [-0.3, -0.25) is 4.79 Å². The van der Waals surface area contributed by atoms with E-state index in [2.05, 4.69) is 5.32 Å². The summed E-state index contributed by atoms with van der Waals surface area (Å²) < 4.78 is 24.8. The van der Waals surface area contributed by atoms with Crippen LogP contribution in [0.25, 0.3) is 0 Å². The van der Waals surface area contributed by atoms with Crippen molar-refractivity contribution in [3.8, 4) is 0 Å². The topological polar surface area (TPSA) is 49.3 Å². The number of carbonyl (C=O) groups excluding carboxylic acids is 1. The third-order valence-corrected chi connectivity index (χ3v) is 4.03. The number of alkyl halides is 2. The lowest BCUT2D eigenvalue weighted by Gasteiger charge is -2.27. The molecule has 2 rings (SSSR count). The molecule has 116 valence electrons. The Morgan fingerprint density at radius 2 is 1.90 bits per heavy atom. The molecule has 0 unspecified atom stereocenters. The van der Waals surface area contributed by atoms with Crippen molar-refractivity contribution in [2.45, 2.75) is 44.6 Å². The smallest absolute Gasteiger partial charge is 0.263 e. The van der Waals surface area contributed by atoms with Gasteiger partial charge in [-0.1, -0.05) is 37.1 Å². The summed E-state index contributed by atoms with van der Waals surface area (Å²) in [5, 5.41) is 12.7. The van der Waals surface area contributed by atoms with Crippen LogP contribution >= 0.6 is 0 Å². The van der Waals surface area contributed by atoms with Gasteiger partial charge in [-0.05, 0) is 18.4 Å². The number of carbonyl (C=O) groups is 1. The Morgan fingerprint density at radius 3 is 2.52 bits per heavy atom. The van der Waals surface area contributed by atoms with Crippen LogP contribution in [0.4, 0.5) is 8.78 Å². The minimum absolute atomic E-state index is 0.0375. The van der Waals surface area contributed by atoms with Crippen LogP contribution in [0.1, 0.15) is 43.2 Å². The van der Waals surface area contributed by atoms with E-state index in [-0.39, 0.29) is 29.9 Å². The number of benzene rings is 1. The third kappa shape index (κ3) is 4.77. The van der Waals surface area contributed by atoms with Crippen molar-refractivity contribution in [2.75, 3.05) is 6.54 Å². The van der Waals surface area contributed by atoms with E-state index < -0.39 is 6.43 Å². The fourth-order valence-electron chi connectivity index (χ4n) is 2.70. The van der Waals surface area contributed by atoms with Crippen molar-refractivity contribution in [1.29, 1.82) is 0 Å². The van der Waals surface area contributed by atoms with E-state index in [0.29, 0.717) is 12.1 Å². The number of amides is 1. The molecule has 5 heteroatoms. The normalized spacial score (nSPS) is 22.3. The van der Waals surface area contributed by atoms with Gasteiger partial charge < -0.3 is 10.4 Å². The van der Waals surface area contributed by atoms with Gasteiger partial charge in [0.2, 0.25) is 5.91 Å². The summed E-state index contributed by atoms with van der Waals surface area (Å²) in [6, 6.07) is 5.80. The first-order chi connectivity index (χ1) is 10.1. The molecule has 3 nitrogen and oxygen atoms in total. The van der Waals surface area contributed by atoms with E-state index >= 15 is 0 Å². The van der Waals surface area contributed by atoms with E-state index in [0.717, 1.165) is 25.7 Å². The van der Waals surface area contributed by atoms with Crippen LogP contribution in [0.3, 0.4) is 0 Å². The Labute approximate surface area is 123 Å². The molecule has 0 bridgehead atoms. The largest absolute Gasteiger partial charge is 0.393 e. The lowest BCUT2D eigenvalue weighted by atomic mass is 9.86. The number of nitrogens with one attached hydrogen (secondary N) is 1. The van der Waals surface area contributed by atoms with Crippen molar-refractivity contribution >= 4 is 5.91 Å².